The molecule has 1 aliphatic carbocycles. The Morgan fingerprint density at radius 2 is 1.88 bits per heavy atom. The highest BCUT2D eigenvalue weighted by molar-refractivity contribution is 5.89. The molecule has 0 aromatic carbocycles. The molecule has 3 nitrogen and oxygen atoms in total. The van der Waals surface area contributed by atoms with Crippen molar-refractivity contribution in [2.75, 3.05) is 6.54 Å². The van der Waals surface area contributed by atoms with Crippen LogP contribution in [-0.4, -0.2) is 35.1 Å². The van der Waals surface area contributed by atoms with Crippen molar-refractivity contribution in [1.82, 2.24) is 4.90 Å². The van der Waals surface area contributed by atoms with Gasteiger partial charge < -0.3 is 4.90 Å². The summed E-state index contributed by atoms with van der Waals surface area (Å²) in [5, 5.41) is 0. The summed E-state index contributed by atoms with van der Waals surface area (Å²) < 4.78 is 26.2. The third-order valence-electron chi connectivity index (χ3n) is 3.37. The van der Waals surface area contributed by atoms with Crippen molar-refractivity contribution in [3.05, 3.63) is 0 Å². The van der Waals surface area contributed by atoms with E-state index in [1.165, 1.54) is 11.8 Å². The average molecular weight is 247 g/mol. The zero-order chi connectivity index (χ0) is 13.4. The monoisotopic (exact) mass is 247 g/mol. The summed E-state index contributed by atoms with van der Waals surface area (Å²) in [6.45, 7) is 6.98. The molecule has 2 fully saturated rings. The van der Waals surface area contributed by atoms with E-state index in [-0.39, 0.29) is 24.7 Å². The summed E-state index contributed by atoms with van der Waals surface area (Å²) in [7, 11) is 0. The standard InChI is InChI=1S/C10H13F2NO2.C2H6/c1-3-7(15)13-4-6-8(10(6,11)12)9(13)5(2)14;1-2/h6,8-9H,3-4H2,1-2H3;1-2H3/t6-,8-,9?;/m0./s1. The fourth-order valence-corrected chi connectivity index (χ4v) is 2.53. The minimum absolute atomic E-state index is 0.0363. The fraction of sp³-hybridized carbons (Fsp3) is 0.833. The summed E-state index contributed by atoms with van der Waals surface area (Å²) in [6.07, 6.45) is 0.259. The van der Waals surface area contributed by atoms with E-state index in [1.807, 2.05) is 13.8 Å². The van der Waals surface area contributed by atoms with Crippen LogP contribution in [0.1, 0.15) is 34.1 Å². The SMILES string of the molecule is CC.CCC(=O)N1C[C@H]2[C@@H](C1C(C)=O)C2(F)F. The van der Waals surface area contributed by atoms with Gasteiger partial charge in [0.25, 0.3) is 5.92 Å². The first-order valence-corrected chi connectivity index (χ1v) is 6.09. The van der Waals surface area contributed by atoms with Gasteiger partial charge in [0.2, 0.25) is 5.91 Å². The third-order valence-corrected chi connectivity index (χ3v) is 3.37. The van der Waals surface area contributed by atoms with E-state index in [1.54, 1.807) is 6.92 Å². The van der Waals surface area contributed by atoms with Gasteiger partial charge in [-0.15, -0.1) is 0 Å². The Hall–Kier alpha value is -1.00. The minimum Gasteiger partial charge on any atom is -0.332 e. The van der Waals surface area contributed by atoms with Crippen molar-refractivity contribution in [1.29, 1.82) is 0 Å². The van der Waals surface area contributed by atoms with E-state index < -0.39 is 23.8 Å². The molecule has 17 heavy (non-hydrogen) atoms. The van der Waals surface area contributed by atoms with Crippen molar-refractivity contribution >= 4 is 11.7 Å². The molecule has 2 rings (SSSR count). The van der Waals surface area contributed by atoms with Crippen LogP contribution in [0, 0.1) is 11.8 Å². The first kappa shape index (κ1) is 14.1. The van der Waals surface area contributed by atoms with E-state index in [9.17, 15) is 18.4 Å². The van der Waals surface area contributed by atoms with Crippen molar-refractivity contribution in [2.24, 2.45) is 11.8 Å². The lowest BCUT2D eigenvalue weighted by Gasteiger charge is -2.26. The fourth-order valence-electron chi connectivity index (χ4n) is 2.53. The van der Waals surface area contributed by atoms with Crippen LogP contribution in [0.2, 0.25) is 0 Å². The Labute approximate surface area is 100 Å². The van der Waals surface area contributed by atoms with E-state index in [2.05, 4.69) is 0 Å². The number of halogens is 2. The number of alkyl halides is 2. The Kier molecular flexibility index (Phi) is 3.89. The molecule has 3 atom stereocenters. The van der Waals surface area contributed by atoms with Gasteiger partial charge in [-0.1, -0.05) is 20.8 Å². The van der Waals surface area contributed by atoms with Gasteiger partial charge >= 0.3 is 0 Å². The summed E-state index contributed by atoms with van der Waals surface area (Å²) in [4.78, 5) is 24.0. The lowest BCUT2D eigenvalue weighted by Crippen LogP contribution is -2.44. The molecule has 1 heterocycles. The van der Waals surface area contributed by atoms with Gasteiger partial charge in [-0.3, -0.25) is 9.59 Å². The molecule has 0 aromatic heterocycles. The predicted octanol–water partition coefficient (Wildman–Crippen LogP) is 2.10. The highest BCUT2D eigenvalue weighted by Crippen LogP contribution is 2.62. The molecule has 0 spiro atoms. The molecule has 1 unspecified atom stereocenters. The van der Waals surface area contributed by atoms with Crippen molar-refractivity contribution in [3.8, 4) is 0 Å². The number of ketones is 1. The summed E-state index contributed by atoms with van der Waals surface area (Å²) in [6, 6.07) is -0.891. The van der Waals surface area contributed by atoms with Gasteiger partial charge in [-0.2, -0.15) is 0 Å². The second-order valence-corrected chi connectivity index (χ2v) is 4.26. The van der Waals surface area contributed by atoms with Crippen LogP contribution in [0.15, 0.2) is 0 Å². The molecule has 2 aliphatic rings. The normalized spacial score (nSPS) is 32.4. The van der Waals surface area contributed by atoms with Crippen molar-refractivity contribution in [2.45, 2.75) is 46.1 Å². The number of nitrogens with zero attached hydrogens (tertiary/aromatic N) is 1. The number of fused-ring (bicyclic) bond motifs is 1. The molecular formula is C12H19F2NO2. The molecule has 0 radical (unpaired) electrons. The van der Waals surface area contributed by atoms with Crippen LogP contribution in [0.5, 0.6) is 0 Å². The number of carbonyl (C=O) groups excluding carboxylic acids is 2. The maximum Gasteiger partial charge on any atom is 0.258 e. The number of amides is 1. The second kappa shape index (κ2) is 4.70. The molecule has 0 aromatic rings. The average Bonchev–Trinajstić information content (AvgIpc) is 2.71. The lowest BCUT2D eigenvalue weighted by molar-refractivity contribution is -0.140. The zero-order valence-electron chi connectivity index (χ0n) is 10.7. The van der Waals surface area contributed by atoms with Crippen LogP contribution in [0.25, 0.3) is 0 Å². The number of rotatable bonds is 2. The summed E-state index contributed by atoms with van der Waals surface area (Å²) in [5.41, 5.74) is 0. The number of carbonyl (C=O) groups is 2. The van der Waals surface area contributed by atoms with Crippen LogP contribution < -0.4 is 0 Å². The van der Waals surface area contributed by atoms with E-state index >= 15 is 0 Å². The summed E-state index contributed by atoms with van der Waals surface area (Å²) >= 11 is 0. The van der Waals surface area contributed by atoms with Gasteiger partial charge in [0.05, 0.1) is 17.9 Å². The molecule has 1 amide bonds. The Bertz CT molecular complexity index is 330. The number of Topliss-reactive ketones (excluding diaryl/α,β-unsaturated/α-hetero) is 1. The topological polar surface area (TPSA) is 37.4 Å². The molecule has 1 saturated heterocycles. The Morgan fingerprint density at radius 3 is 2.29 bits per heavy atom. The Balaban J connectivity index is 0.000000686. The highest BCUT2D eigenvalue weighted by atomic mass is 19.3. The smallest absolute Gasteiger partial charge is 0.258 e. The molecular weight excluding hydrogens is 228 g/mol. The van der Waals surface area contributed by atoms with Gasteiger partial charge in [0, 0.05) is 13.0 Å². The van der Waals surface area contributed by atoms with Gasteiger partial charge in [0.15, 0.2) is 5.78 Å². The van der Waals surface area contributed by atoms with Crippen molar-refractivity contribution < 1.29 is 18.4 Å². The number of piperidine rings is 1. The van der Waals surface area contributed by atoms with E-state index in [4.69, 9.17) is 0 Å². The molecule has 1 saturated carbocycles. The van der Waals surface area contributed by atoms with Gasteiger partial charge in [0.1, 0.15) is 0 Å². The van der Waals surface area contributed by atoms with Crippen LogP contribution in [0.4, 0.5) is 8.78 Å². The first-order valence-electron chi connectivity index (χ1n) is 6.09. The largest absolute Gasteiger partial charge is 0.332 e. The minimum atomic E-state index is -2.74. The predicted molar refractivity (Wildman–Crippen MR) is 59.7 cm³/mol. The van der Waals surface area contributed by atoms with Crippen LogP contribution in [-0.2, 0) is 9.59 Å². The van der Waals surface area contributed by atoms with Crippen molar-refractivity contribution in [3.63, 3.8) is 0 Å². The molecule has 98 valence electrons. The number of likely N-dealkylation sites (tertiary alicyclic amines) is 1. The number of hydrogen-bond donors (Lipinski definition) is 0. The second-order valence-electron chi connectivity index (χ2n) is 4.26. The highest BCUT2D eigenvalue weighted by Gasteiger charge is 2.76. The van der Waals surface area contributed by atoms with E-state index in [0.717, 1.165) is 0 Å². The van der Waals surface area contributed by atoms with Crippen LogP contribution >= 0.6 is 0 Å². The first-order chi connectivity index (χ1) is 7.91. The third kappa shape index (κ3) is 2.07. The maximum absolute atomic E-state index is 13.1. The quantitative estimate of drug-likeness (QED) is 0.749. The lowest BCUT2D eigenvalue weighted by atomic mass is 10.1. The molecule has 0 bridgehead atoms. The number of hydrogen-bond acceptors (Lipinski definition) is 2. The molecule has 0 N–H and O–H groups in total. The van der Waals surface area contributed by atoms with Gasteiger partial charge in [-0.05, 0) is 6.92 Å². The maximum atomic E-state index is 13.1. The summed E-state index contributed by atoms with van der Waals surface area (Å²) in [5.74, 6) is -4.99. The molecule has 5 heteroatoms. The Morgan fingerprint density at radius 1 is 1.35 bits per heavy atom. The molecule has 1 aliphatic heterocycles. The van der Waals surface area contributed by atoms with Gasteiger partial charge in [-0.25, -0.2) is 8.78 Å². The van der Waals surface area contributed by atoms with Crippen LogP contribution in [0.3, 0.4) is 0 Å². The zero-order valence-corrected chi connectivity index (χ0v) is 10.7. The van der Waals surface area contributed by atoms with E-state index in [0.29, 0.717) is 0 Å².